The number of esters is 1. The number of rotatable bonds is 8. The molecule has 0 atom stereocenters. The highest BCUT2D eigenvalue weighted by atomic mass is 32.2. The molecule has 0 radical (unpaired) electrons. The van der Waals surface area contributed by atoms with E-state index < -0.39 is 9.84 Å². The van der Waals surface area contributed by atoms with Crippen molar-refractivity contribution in [3.63, 3.8) is 0 Å². The molecule has 7 heteroatoms. The van der Waals surface area contributed by atoms with Crippen molar-refractivity contribution in [1.82, 2.24) is 4.57 Å². The number of hydrogen-bond donors (Lipinski definition) is 0. The fraction of sp³-hybridized carbons (Fsp3) is 0.292. The van der Waals surface area contributed by atoms with Gasteiger partial charge in [-0.3, -0.25) is 4.79 Å². The molecule has 0 saturated carbocycles. The third-order valence-electron chi connectivity index (χ3n) is 5.08. The van der Waals surface area contributed by atoms with E-state index in [0.717, 1.165) is 34.4 Å². The minimum absolute atomic E-state index is 0.191. The van der Waals surface area contributed by atoms with Gasteiger partial charge in [0, 0.05) is 37.2 Å². The number of halogens is 1. The monoisotopic (exact) mass is 443 g/mol. The predicted octanol–water partition coefficient (Wildman–Crippen LogP) is 4.88. The molecular formula is C24H26FNO4S. The fourth-order valence-electron chi connectivity index (χ4n) is 3.38. The third kappa shape index (κ3) is 5.61. The Kier molecular flexibility index (Phi) is 6.95. The van der Waals surface area contributed by atoms with Gasteiger partial charge in [-0.05, 0) is 65.9 Å². The molecule has 0 saturated heterocycles. The van der Waals surface area contributed by atoms with Gasteiger partial charge in [-0.25, -0.2) is 12.8 Å². The minimum atomic E-state index is -3.46. The van der Waals surface area contributed by atoms with E-state index in [-0.39, 0.29) is 16.7 Å². The number of benzene rings is 2. The Morgan fingerprint density at radius 1 is 1.13 bits per heavy atom. The number of aromatic nitrogens is 1. The highest BCUT2D eigenvalue weighted by Crippen LogP contribution is 2.32. The maximum Gasteiger partial charge on any atom is 0.305 e. The van der Waals surface area contributed by atoms with E-state index >= 15 is 0 Å². The first-order valence-electron chi connectivity index (χ1n) is 10.1. The predicted molar refractivity (Wildman–Crippen MR) is 119 cm³/mol. The minimum Gasteiger partial charge on any atom is -0.465 e. The molecule has 3 rings (SSSR count). The maximum atomic E-state index is 13.4. The molecule has 0 fully saturated rings. The summed E-state index contributed by atoms with van der Waals surface area (Å²) in [4.78, 5) is 11.7. The van der Waals surface area contributed by atoms with Gasteiger partial charge >= 0.3 is 5.97 Å². The number of ether oxygens (including phenoxy) is 1. The van der Waals surface area contributed by atoms with Crippen LogP contribution in [0.4, 0.5) is 4.39 Å². The van der Waals surface area contributed by atoms with Crippen LogP contribution in [-0.4, -0.2) is 31.8 Å². The van der Waals surface area contributed by atoms with Gasteiger partial charge in [-0.1, -0.05) is 19.1 Å². The van der Waals surface area contributed by atoms with E-state index in [0.29, 0.717) is 19.4 Å². The maximum absolute atomic E-state index is 13.4. The first-order chi connectivity index (χ1) is 14.7. The second-order valence-corrected chi connectivity index (χ2v) is 9.56. The summed E-state index contributed by atoms with van der Waals surface area (Å²) in [5.74, 6) is -0.557. The van der Waals surface area contributed by atoms with Crippen LogP contribution >= 0.6 is 0 Å². The summed E-state index contributed by atoms with van der Waals surface area (Å²) >= 11 is 0. The molecule has 0 unspecified atom stereocenters. The van der Waals surface area contributed by atoms with Gasteiger partial charge < -0.3 is 9.30 Å². The second-order valence-electron chi connectivity index (χ2n) is 7.54. The van der Waals surface area contributed by atoms with Crippen molar-refractivity contribution in [2.45, 2.75) is 38.0 Å². The van der Waals surface area contributed by atoms with Crippen LogP contribution in [0.25, 0.3) is 16.8 Å². The van der Waals surface area contributed by atoms with Crippen molar-refractivity contribution in [2.24, 2.45) is 0 Å². The Morgan fingerprint density at radius 3 is 2.48 bits per heavy atom. The van der Waals surface area contributed by atoms with Crippen LogP contribution in [0.15, 0.2) is 59.8 Å². The number of carbonyl (C=O) groups is 1. The molecule has 5 nitrogen and oxygen atoms in total. The number of nitrogens with zero attached hydrogens (tertiary/aromatic N) is 1. The lowest BCUT2D eigenvalue weighted by Gasteiger charge is -2.15. The van der Waals surface area contributed by atoms with Gasteiger partial charge in [-0.15, -0.1) is 0 Å². The molecule has 3 aromatic rings. The SMILES string of the molecule is CCCC(=O)OCCc1ccn(-c2cc(S(C)(=O)=O)cc(-c3ccc(F)cc3)c2C)c1. The van der Waals surface area contributed by atoms with Crippen molar-refractivity contribution >= 4 is 15.8 Å². The Bertz CT molecular complexity index is 1180. The van der Waals surface area contributed by atoms with Gasteiger partial charge in [0.15, 0.2) is 9.84 Å². The Hall–Kier alpha value is -2.93. The van der Waals surface area contributed by atoms with Crippen LogP contribution in [0.2, 0.25) is 0 Å². The average molecular weight is 444 g/mol. The van der Waals surface area contributed by atoms with Crippen molar-refractivity contribution in [3.8, 4) is 16.8 Å². The highest BCUT2D eigenvalue weighted by molar-refractivity contribution is 7.90. The van der Waals surface area contributed by atoms with Crippen LogP contribution in [0.5, 0.6) is 0 Å². The lowest BCUT2D eigenvalue weighted by atomic mass is 9.99. The number of hydrogen-bond acceptors (Lipinski definition) is 4. The molecule has 0 aliphatic heterocycles. The van der Waals surface area contributed by atoms with Crippen molar-refractivity contribution < 1.29 is 22.3 Å². The molecule has 2 aromatic carbocycles. The van der Waals surface area contributed by atoms with E-state index in [1.165, 1.54) is 18.4 Å². The molecular weight excluding hydrogens is 417 g/mol. The van der Waals surface area contributed by atoms with E-state index in [2.05, 4.69) is 0 Å². The van der Waals surface area contributed by atoms with Gasteiger partial charge in [0.2, 0.25) is 0 Å². The van der Waals surface area contributed by atoms with Gasteiger partial charge in [0.05, 0.1) is 11.5 Å². The smallest absolute Gasteiger partial charge is 0.305 e. The van der Waals surface area contributed by atoms with Crippen LogP contribution in [0.1, 0.15) is 30.9 Å². The average Bonchev–Trinajstić information content (AvgIpc) is 3.17. The van der Waals surface area contributed by atoms with E-state index in [1.54, 1.807) is 24.3 Å². The third-order valence-corrected chi connectivity index (χ3v) is 6.17. The summed E-state index contributed by atoms with van der Waals surface area (Å²) in [6.45, 7) is 4.13. The molecule has 0 spiro atoms. The zero-order valence-electron chi connectivity index (χ0n) is 17.9. The first kappa shape index (κ1) is 22.7. The molecule has 0 amide bonds. The van der Waals surface area contributed by atoms with Crippen molar-refractivity contribution in [2.75, 3.05) is 12.9 Å². The number of carbonyl (C=O) groups excluding carboxylic acids is 1. The summed E-state index contributed by atoms with van der Waals surface area (Å²) in [5, 5.41) is 0. The van der Waals surface area contributed by atoms with E-state index in [4.69, 9.17) is 4.74 Å². The molecule has 1 heterocycles. The topological polar surface area (TPSA) is 65.4 Å². The molecule has 164 valence electrons. The molecule has 0 aliphatic carbocycles. The summed E-state index contributed by atoms with van der Waals surface area (Å²) in [6.07, 6.45) is 6.65. The zero-order valence-corrected chi connectivity index (χ0v) is 18.7. The molecule has 31 heavy (non-hydrogen) atoms. The normalized spacial score (nSPS) is 11.5. The molecule has 0 N–H and O–H groups in total. The lowest BCUT2D eigenvalue weighted by molar-refractivity contribution is -0.143. The van der Waals surface area contributed by atoms with E-state index in [9.17, 15) is 17.6 Å². The largest absolute Gasteiger partial charge is 0.465 e. The van der Waals surface area contributed by atoms with Crippen LogP contribution in [0, 0.1) is 12.7 Å². The Labute approximate surface area is 182 Å². The highest BCUT2D eigenvalue weighted by Gasteiger charge is 2.16. The van der Waals surface area contributed by atoms with Crippen molar-refractivity contribution in [1.29, 1.82) is 0 Å². The van der Waals surface area contributed by atoms with Gasteiger partial charge in [0.1, 0.15) is 5.82 Å². The summed E-state index contributed by atoms with van der Waals surface area (Å²) < 4.78 is 45.1. The molecule has 1 aromatic heterocycles. The van der Waals surface area contributed by atoms with Crippen molar-refractivity contribution in [3.05, 3.63) is 71.8 Å². The van der Waals surface area contributed by atoms with Crippen LogP contribution in [-0.2, 0) is 25.8 Å². The number of sulfone groups is 1. The Balaban J connectivity index is 1.95. The quantitative estimate of drug-likeness (QED) is 0.466. The summed E-state index contributed by atoms with van der Waals surface area (Å²) in [5.41, 5.74) is 4.02. The fourth-order valence-corrected chi connectivity index (χ4v) is 4.04. The second kappa shape index (κ2) is 9.47. The lowest BCUT2D eigenvalue weighted by Crippen LogP contribution is -2.06. The van der Waals surface area contributed by atoms with Crippen LogP contribution in [0.3, 0.4) is 0 Å². The van der Waals surface area contributed by atoms with Gasteiger partial charge in [0.25, 0.3) is 0 Å². The summed E-state index contributed by atoms with van der Waals surface area (Å²) in [6, 6.07) is 11.2. The molecule has 0 aliphatic rings. The molecule has 0 bridgehead atoms. The van der Waals surface area contributed by atoms with Crippen LogP contribution < -0.4 is 0 Å². The standard InChI is InChI=1S/C24H26FNO4S/c1-4-5-24(27)30-13-11-18-10-12-26(16-18)23-15-21(31(3,28)29)14-22(17(23)2)19-6-8-20(25)9-7-19/h6-10,12,14-16H,4-5,11,13H2,1-3H3. The summed E-state index contributed by atoms with van der Waals surface area (Å²) in [7, 11) is -3.46. The first-order valence-corrected chi connectivity index (χ1v) is 12.0. The zero-order chi connectivity index (χ0) is 22.6. The van der Waals surface area contributed by atoms with Gasteiger partial charge in [-0.2, -0.15) is 0 Å². The Morgan fingerprint density at radius 2 is 1.84 bits per heavy atom. The van der Waals surface area contributed by atoms with E-state index in [1.807, 2.05) is 36.9 Å².